The van der Waals surface area contributed by atoms with E-state index in [0.29, 0.717) is 48.5 Å². The highest BCUT2D eigenvalue weighted by molar-refractivity contribution is 5.97. The molecule has 3 amide bonds. The van der Waals surface area contributed by atoms with Gasteiger partial charge in [0.15, 0.2) is 0 Å². The van der Waals surface area contributed by atoms with E-state index < -0.39 is 6.03 Å². The Labute approximate surface area is 174 Å². The number of urea groups is 1. The minimum Gasteiger partial charge on any atom is -0.339 e. The molecule has 0 fully saturated rings. The molecule has 0 aliphatic rings. The molecule has 0 unspecified atom stereocenters. The Morgan fingerprint density at radius 2 is 1.90 bits per heavy atom. The summed E-state index contributed by atoms with van der Waals surface area (Å²) in [4.78, 5) is 26.2. The standard InChI is InChI=1S/C21H25FN6O2/c1-4-27(5-2)20(29)15-7-9-19-18(12-15)25-26-28(19)11-10-23-21(30)24-16-8-6-14(3)17(22)13-16/h6-9,12-13H,4-5,10-11H2,1-3H3,(H2,23,24,30). The molecule has 0 aliphatic heterocycles. The van der Waals surface area contributed by atoms with Crippen molar-refractivity contribution < 1.29 is 14.0 Å². The summed E-state index contributed by atoms with van der Waals surface area (Å²) in [6, 6.07) is 9.37. The molecule has 3 rings (SSSR count). The van der Waals surface area contributed by atoms with Crippen LogP contribution in [0.4, 0.5) is 14.9 Å². The Morgan fingerprint density at radius 1 is 1.13 bits per heavy atom. The highest BCUT2D eigenvalue weighted by Gasteiger charge is 2.14. The molecule has 1 heterocycles. The van der Waals surface area contributed by atoms with Crippen molar-refractivity contribution in [3.63, 3.8) is 0 Å². The summed E-state index contributed by atoms with van der Waals surface area (Å²) >= 11 is 0. The SMILES string of the molecule is CCN(CC)C(=O)c1ccc2c(c1)nnn2CCNC(=O)Nc1ccc(C)c(F)c1. The van der Waals surface area contributed by atoms with E-state index in [1.165, 1.54) is 6.07 Å². The van der Waals surface area contributed by atoms with Gasteiger partial charge in [0.1, 0.15) is 11.3 Å². The lowest BCUT2D eigenvalue weighted by Gasteiger charge is -2.18. The molecule has 0 radical (unpaired) electrons. The molecule has 0 spiro atoms. The van der Waals surface area contributed by atoms with Gasteiger partial charge in [-0.25, -0.2) is 13.9 Å². The monoisotopic (exact) mass is 412 g/mol. The van der Waals surface area contributed by atoms with Crippen LogP contribution >= 0.6 is 0 Å². The minimum atomic E-state index is -0.435. The van der Waals surface area contributed by atoms with Crippen molar-refractivity contribution in [3.8, 4) is 0 Å². The van der Waals surface area contributed by atoms with Crippen molar-refractivity contribution in [2.45, 2.75) is 27.3 Å². The zero-order chi connectivity index (χ0) is 21.7. The van der Waals surface area contributed by atoms with Crippen molar-refractivity contribution in [2.24, 2.45) is 0 Å². The number of hydrogen-bond donors (Lipinski definition) is 2. The maximum absolute atomic E-state index is 13.6. The molecular formula is C21H25FN6O2. The Bertz CT molecular complexity index is 1060. The number of hydrogen-bond acceptors (Lipinski definition) is 4. The summed E-state index contributed by atoms with van der Waals surface area (Å²) in [5.74, 6) is -0.414. The summed E-state index contributed by atoms with van der Waals surface area (Å²) < 4.78 is 15.2. The Hall–Kier alpha value is -3.49. The highest BCUT2D eigenvalue weighted by Crippen LogP contribution is 2.15. The van der Waals surface area contributed by atoms with E-state index in [4.69, 9.17) is 0 Å². The number of anilines is 1. The maximum atomic E-state index is 13.6. The van der Waals surface area contributed by atoms with E-state index in [9.17, 15) is 14.0 Å². The molecule has 9 heteroatoms. The second-order valence-electron chi connectivity index (χ2n) is 6.84. The lowest BCUT2D eigenvalue weighted by atomic mass is 10.1. The molecule has 8 nitrogen and oxygen atoms in total. The first-order valence-electron chi connectivity index (χ1n) is 9.86. The van der Waals surface area contributed by atoms with E-state index in [1.54, 1.807) is 46.8 Å². The minimum absolute atomic E-state index is 0.0395. The van der Waals surface area contributed by atoms with Crippen LogP contribution in [0.25, 0.3) is 11.0 Å². The van der Waals surface area contributed by atoms with Gasteiger partial charge in [-0.1, -0.05) is 11.3 Å². The number of carbonyl (C=O) groups is 2. The maximum Gasteiger partial charge on any atom is 0.319 e. The zero-order valence-electron chi connectivity index (χ0n) is 17.3. The number of rotatable bonds is 7. The third kappa shape index (κ3) is 4.73. The van der Waals surface area contributed by atoms with Gasteiger partial charge in [0.25, 0.3) is 5.91 Å². The van der Waals surface area contributed by atoms with Gasteiger partial charge in [-0.15, -0.1) is 5.10 Å². The van der Waals surface area contributed by atoms with Crippen LogP contribution in [0.1, 0.15) is 29.8 Å². The molecule has 3 aromatic rings. The number of benzene rings is 2. The molecule has 0 aliphatic carbocycles. The molecule has 0 bridgehead atoms. The van der Waals surface area contributed by atoms with Crippen LogP contribution in [0.3, 0.4) is 0 Å². The summed E-state index contributed by atoms with van der Waals surface area (Å²) in [7, 11) is 0. The number of aromatic nitrogens is 3. The number of fused-ring (bicyclic) bond motifs is 1. The van der Waals surface area contributed by atoms with Gasteiger partial charge < -0.3 is 15.5 Å². The fraction of sp³-hybridized carbons (Fsp3) is 0.333. The quantitative estimate of drug-likeness (QED) is 0.623. The molecular weight excluding hydrogens is 387 g/mol. The van der Waals surface area contributed by atoms with Crippen molar-refractivity contribution >= 4 is 28.7 Å². The molecule has 1 aromatic heterocycles. The predicted octanol–water partition coefficient (Wildman–Crippen LogP) is 3.18. The normalized spacial score (nSPS) is 10.8. The van der Waals surface area contributed by atoms with E-state index in [0.717, 1.165) is 5.52 Å². The van der Waals surface area contributed by atoms with Crippen LogP contribution in [0, 0.1) is 12.7 Å². The van der Waals surface area contributed by atoms with Crippen molar-refractivity contribution in [2.75, 3.05) is 25.0 Å². The number of carbonyl (C=O) groups excluding carboxylic acids is 2. The number of nitrogens with one attached hydrogen (secondary N) is 2. The van der Waals surface area contributed by atoms with E-state index >= 15 is 0 Å². The number of amides is 3. The van der Waals surface area contributed by atoms with E-state index in [-0.39, 0.29) is 11.7 Å². The third-order valence-corrected chi connectivity index (χ3v) is 4.85. The van der Waals surface area contributed by atoms with Crippen LogP contribution in [-0.4, -0.2) is 51.5 Å². The summed E-state index contributed by atoms with van der Waals surface area (Å²) in [6.45, 7) is 7.52. The Kier molecular flexibility index (Phi) is 6.61. The Balaban J connectivity index is 1.59. The van der Waals surface area contributed by atoms with Gasteiger partial charge in [0.2, 0.25) is 0 Å². The van der Waals surface area contributed by atoms with Crippen molar-refractivity contribution in [1.82, 2.24) is 25.2 Å². The number of aryl methyl sites for hydroxylation is 1. The van der Waals surface area contributed by atoms with Gasteiger partial charge in [-0.2, -0.15) is 0 Å². The van der Waals surface area contributed by atoms with Gasteiger partial charge >= 0.3 is 6.03 Å². The second-order valence-corrected chi connectivity index (χ2v) is 6.84. The van der Waals surface area contributed by atoms with Gasteiger partial charge in [-0.3, -0.25) is 4.79 Å². The van der Waals surface area contributed by atoms with E-state index in [1.807, 2.05) is 13.8 Å². The third-order valence-electron chi connectivity index (χ3n) is 4.85. The summed E-state index contributed by atoms with van der Waals surface area (Å²) in [6.07, 6.45) is 0. The predicted molar refractivity (Wildman–Crippen MR) is 113 cm³/mol. The average molecular weight is 412 g/mol. The van der Waals surface area contributed by atoms with Gasteiger partial charge in [0, 0.05) is 30.9 Å². The fourth-order valence-electron chi connectivity index (χ4n) is 3.08. The van der Waals surface area contributed by atoms with Crippen LogP contribution in [0.2, 0.25) is 0 Å². The topological polar surface area (TPSA) is 92.2 Å². The van der Waals surface area contributed by atoms with Gasteiger partial charge in [0.05, 0.1) is 12.1 Å². The first-order valence-corrected chi connectivity index (χ1v) is 9.86. The van der Waals surface area contributed by atoms with Crippen LogP contribution in [0.15, 0.2) is 36.4 Å². The lowest BCUT2D eigenvalue weighted by Crippen LogP contribution is -2.31. The van der Waals surface area contributed by atoms with Crippen molar-refractivity contribution in [1.29, 1.82) is 0 Å². The van der Waals surface area contributed by atoms with Crippen molar-refractivity contribution in [3.05, 3.63) is 53.3 Å². The number of halogens is 1. The summed E-state index contributed by atoms with van der Waals surface area (Å²) in [5.41, 5.74) is 2.86. The molecule has 30 heavy (non-hydrogen) atoms. The van der Waals surface area contributed by atoms with Crippen LogP contribution in [-0.2, 0) is 6.54 Å². The lowest BCUT2D eigenvalue weighted by molar-refractivity contribution is 0.0773. The Morgan fingerprint density at radius 3 is 2.60 bits per heavy atom. The van der Waals surface area contributed by atoms with E-state index in [2.05, 4.69) is 20.9 Å². The largest absolute Gasteiger partial charge is 0.339 e. The first kappa shape index (κ1) is 21.2. The molecule has 2 aromatic carbocycles. The van der Waals surface area contributed by atoms with Crippen LogP contribution in [0.5, 0.6) is 0 Å². The smallest absolute Gasteiger partial charge is 0.319 e. The first-order chi connectivity index (χ1) is 14.4. The molecule has 0 saturated heterocycles. The molecule has 2 N–H and O–H groups in total. The molecule has 158 valence electrons. The second kappa shape index (κ2) is 9.34. The summed E-state index contributed by atoms with van der Waals surface area (Å²) in [5, 5.41) is 13.5. The average Bonchev–Trinajstić information content (AvgIpc) is 3.14. The fourth-order valence-corrected chi connectivity index (χ4v) is 3.08. The molecule has 0 saturated carbocycles. The highest BCUT2D eigenvalue weighted by atomic mass is 19.1. The van der Waals surface area contributed by atoms with Crippen LogP contribution < -0.4 is 10.6 Å². The molecule has 0 atom stereocenters. The zero-order valence-corrected chi connectivity index (χ0v) is 17.3. The van der Waals surface area contributed by atoms with Gasteiger partial charge in [-0.05, 0) is 56.7 Å². The number of nitrogens with zero attached hydrogens (tertiary/aromatic N) is 4.